The molecule has 0 atom stereocenters. The smallest absolute Gasteiger partial charge is 0.270 e. The van der Waals surface area contributed by atoms with Gasteiger partial charge in [-0.2, -0.15) is 11.8 Å². The molecule has 0 bridgehead atoms. The van der Waals surface area contributed by atoms with Crippen molar-refractivity contribution in [2.75, 3.05) is 6.79 Å². The van der Waals surface area contributed by atoms with Gasteiger partial charge in [-0.15, -0.1) is 0 Å². The lowest BCUT2D eigenvalue weighted by Crippen LogP contribution is -2.13. The van der Waals surface area contributed by atoms with Gasteiger partial charge in [0.1, 0.15) is 5.75 Å². The average molecular weight is 367 g/mol. The molecule has 0 spiro atoms. The van der Waals surface area contributed by atoms with Gasteiger partial charge in [-0.1, -0.05) is 42.5 Å². The second-order valence-electron chi connectivity index (χ2n) is 6.09. The summed E-state index contributed by atoms with van der Waals surface area (Å²) in [5, 5.41) is 13.7. The molecule has 1 aliphatic heterocycles. The zero-order chi connectivity index (χ0) is 17.9. The van der Waals surface area contributed by atoms with E-state index in [0.717, 1.165) is 22.6 Å². The van der Waals surface area contributed by atoms with Crippen molar-refractivity contribution in [3.05, 3.63) is 81.4 Å². The molecule has 1 heterocycles. The van der Waals surface area contributed by atoms with Crippen LogP contribution in [-0.2, 0) is 22.8 Å². The summed E-state index contributed by atoms with van der Waals surface area (Å²) < 4.78 is 10.9. The molecule has 6 heteroatoms. The van der Waals surface area contributed by atoms with Gasteiger partial charge in [-0.05, 0) is 16.3 Å². The molecule has 0 unspecified atom stereocenters. The largest absolute Gasteiger partial charge is 0.467 e. The number of fused-ring (bicyclic) bond motifs is 2. The SMILES string of the molecule is O=[N+]([O-])c1cc2c(c(CSCc3cccc4ccccc34)c1)OCOC2. The number of benzene rings is 3. The van der Waals surface area contributed by atoms with E-state index in [2.05, 4.69) is 30.3 Å². The van der Waals surface area contributed by atoms with Crippen LogP contribution in [0.3, 0.4) is 0 Å². The molecule has 0 amide bonds. The molecular formula is C20H17NO4S. The zero-order valence-corrected chi connectivity index (χ0v) is 14.8. The molecule has 4 rings (SSSR count). The fourth-order valence-corrected chi connectivity index (χ4v) is 4.19. The van der Waals surface area contributed by atoms with E-state index in [1.54, 1.807) is 17.8 Å². The van der Waals surface area contributed by atoms with Crippen LogP contribution in [0, 0.1) is 10.1 Å². The monoisotopic (exact) mass is 367 g/mol. The van der Waals surface area contributed by atoms with Crippen molar-refractivity contribution in [2.24, 2.45) is 0 Å². The lowest BCUT2D eigenvalue weighted by molar-refractivity contribution is -0.385. The Bertz CT molecular complexity index is 968. The highest BCUT2D eigenvalue weighted by Gasteiger charge is 2.20. The van der Waals surface area contributed by atoms with Crippen LogP contribution in [-0.4, -0.2) is 11.7 Å². The van der Waals surface area contributed by atoms with E-state index < -0.39 is 0 Å². The predicted octanol–water partition coefficient (Wildman–Crippen LogP) is 5.05. The molecule has 0 saturated carbocycles. The Hall–Kier alpha value is -2.57. The Labute approximate surface area is 155 Å². The number of nitro groups is 1. The summed E-state index contributed by atoms with van der Waals surface area (Å²) in [6.45, 7) is 0.532. The summed E-state index contributed by atoms with van der Waals surface area (Å²) in [6.07, 6.45) is 0. The number of non-ortho nitro benzene ring substituents is 1. The van der Waals surface area contributed by atoms with Gasteiger partial charge in [-0.25, -0.2) is 0 Å². The third kappa shape index (κ3) is 3.38. The van der Waals surface area contributed by atoms with E-state index >= 15 is 0 Å². The highest BCUT2D eigenvalue weighted by Crippen LogP contribution is 2.35. The fraction of sp³-hybridized carbons (Fsp3) is 0.200. The summed E-state index contributed by atoms with van der Waals surface area (Å²) in [7, 11) is 0. The molecular weight excluding hydrogens is 350 g/mol. The number of hydrogen-bond acceptors (Lipinski definition) is 5. The summed E-state index contributed by atoms with van der Waals surface area (Å²) >= 11 is 1.72. The third-order valence-electron chi connectivity index (χ3n) is 4.38. The Morgan fingerprint density at radius 1 is 1.04 bits per heavy atom. The average Bonchev–Trinajstić information content (AvgIpc) is 2.68. The predicted molar refractivity (Wildman–Crippen MR) is 102 cm³/mol. The fourth-order valence-electron chi connectivity index (χ4n) is 3.18. The molecule has 0 fully saturated rings. The van der Waals surface area contributed by atoms with Crippen LogP contribution in [0.4, 0.5) is 5.69 Å². The van der Waals surface area contributed by atoms with Crippen molar-refractivity contribution in [1.82, 2.24) is 0 Å². The van der Waals surface area contributed by atoms with Crippen LogP contribution in [0.1, 0.15) is 16.7 Å². The van der Waals surface area contributed by atoms with Gasteiger partial charge in [0.25, 0.3) is 5.69 Å². The number of rotatable bonds is 5. The minimum Gasteiger partial charge on any atom is -0.467 e. The zero-order valence-electron chi connectivity index (χ0n) is 14.0. The number of thioether (sulfide) groups is 1. The van der Waals surface area contributed by atoms with Crippen LogP contribution >= 0.6 is 11.8 Å². The maximum Gasteiger partial charge on any atom is 0.270 e. The van der Waals surface area contributed by atoms with Crippen molar-refractivity contribution >= 4 is 28.2 Å². The van der Waals surface area contributed by atoms with Gasteiger partial charge in [0.05, 0.1) is 11.5 Å². The Morgan fingerprint density at radius 2 is 1.85 bits per heavy atom. The molecule has 5 nitrogen and oxygen atoms in total. The molecule has 0 aromatic heterocycles. The summed E-state index contributed by atoms with van der Waals surface area (Å²) in [4.78, 5) is 10.8. The number of nitrogens with zero attached hydrogens (tertiary/aromatic N) is 1. The van der Waals surface area contributed by atoms with Crippen LogP contribution in [0.15, 0.2) is 54.6 Å². The van der Waals surface area contributed by atoms with E-state index in [9.17, 15) is 10.1 Å². The van der Waals surface area contributed by atoms with Crippen LogP contribution in [0.25, 0.3) is 10.8 Å². The molecule has 132 valence electrons. The van der Waals surface area contributed by atoms with Gasteiger partial charge >= 0.3 is 0 Å². The number of nitro benzene ring substituents is 1. The summed E-state index contributed by atoms with van der Waals surface area (Å²) in [5.74, 6) is 2.20. The van der Waals surface area contributed by atoms with E-state index in [1.165, 1.54) is 22.4 Å². The first-order valence-corrected chi connectivity index (χ1v) is 9.43. The number of ether oxygens (including phenoxy) is 2. The highest BCUT2D eigenvalue weighted by atomic mass is 32.2. The molecule has 0 saturated heterocycles. The molecule has 26 heavy (non-hydrogen) atoms. The van der Waals surface area contributed by atoms with Crippen LogP contribution < -0.4 is 4.74 Å². The Balaban J connectivity index is 1.56. The molecule has 1 aliphatic rings. The molecule has 0 radical (unpaired) electrons. The minimum atomic E-state index is -0.367. The van der Waals surface area contributed by atoms with E-state index in [1.807, 2.05) is 12.1 Å². The molecule has 3 aromatic carbocycles. The summed E-state index contributed by atoms with van der Waals surface area (Å²) in [6, 6.07) is 17.8. The van der Waals surface area contributed by atoms with E-state index in [-0.39, 0.29) is 17.4 Å². The van der Waals surface area contributed by atoms with Gasteiger partial charge in [-0.3, -0.25) is 10.1 Å². The first-order chi connectivity index (χ1) is 12.7. The normalized spacial score (nSPS) is 13.2. The second kappa shape index (κ2) is 7.35. The molecule has 3 aromatic rings. The maximum atomic E-state index is 11.2. The molecule has 0 N–H and O–H groups in total. The topological polar surface area (TPSA) is 61.6 Å². The van der Waals surface area contributed by atoms with Crippen LogP contribution in [0.5, 0.6) is 5.75 Å². The van der Waals surface area contributed by atoms with Crippen molar-refractivity contribution in [3.8, 4) is 5.75 Å². The lowest BCUT2D eigenvalue weighted by Gasteiger charge is -2.20. The number of hydrogen-bond donors (Lipinski definition) is 0. The third-order valence-corrected chi connectivity index (χ3v) is 5.41. The lowest BCUT2D eigenvalue weighted by atomic mass is 10.1. The van der Waals surface area contributed by atoms with Crippen LogP contribution in [0.2, 0.25) is 0 Å². The quantitative estimate of drug-likeness (QED) is 0.466. The standard InChI is InChI=1S/C20H17NO4S/c22-21(23)18-8-16-10-24-13-25-20(16)17(9-18)12-26-11-15-6-3-5-14-4-1-2-7-19(14)15/h1-9H,10-13H2. The van der Waals surface area contributed by atoms with Crippen molar-refractivity contribution < 1.29 is 14.4 Å². The van der Waals surface area contributed by atoms with Gasteiger partial charge in [0.15, 0.2) is 6.79 Å². The maximum absolute atomic E-state index is 11.2. The van der Waals surface area contributed by atoms with E-state index in [4.69, 9.17) is 9.47 Å². The first kappa shape index (κ1) is 16.9. The van der Waals surface area contributed by atoms with Gasteiger partial charge < -0.3 is 9.47 Å². The van der Waals surface area contributed by atoms with Crippen molar-refractivity contribution in [2.45, 2.75) is 18.1 Å². The highest BCUT2D eigenvalue weighted by molar-refractivity contribution is 7.97. The van der Waals surface area contributed by atoms with Gasteiger partial charge in [0, 0.05) is 34.8 Å². The Morgan fingerprint density at radius 3 is 2.73 bits per heavy atom. The van der Waals surface area contributed by atoms with Gasteiger partial charge in [0.2, 0.25) is 0 Å². The van der Waals surface area contributed by atoms with Crippen molar-refractivity contribution in [1.29, 1.82) is 0 Å². The van der Waals surface area contributed by atoms with Crippen molar-refractivity contribution in [3.63, 3.8) is 0 Å². The minimum absolute atomic E-state index is 0.0820. The molecule has 0 aliphatic carbocycles. The summed E-state index contributed by atoms with van der Waals surface area (Å²) in [5.41, 5.74) is 2.93. The second-order valence-corrected chi connectivity index (χ2v) is 7.08. The Kier molecular flexibility index (Phi) is 4.77. The van der Waals surface area contributed by atoms with E-state index in [0.29, 0.717) is 12.4 Å². The first-order valence-electron chi connectivity index (χ1n) is 8.27.